The Morgan fingerprint density at radius 3 is 2.40 bits per heavy atom. The second-order valence-electron chi connectivity index (χ2n) is 5.17. The Balaban J connectivity index is 0.000000853. The first-order chi connectivity index (χ1) is 6.86. The number of hydrogen-bond donors (Lipinski definition) is 0. The van der Waals surface area contributed by atoms with Crippen LogP contribution in [0.2, 0.25) is 0 Å². The molecule has 0 amide bonds. The van der Waals surface area contributed by atoms with Crippen LogP contribution >= 0.6 is 24.0 Å². The molecule has 3 rings (SSSR count). The second kappa shape index (κ2) is 4.70. The molecule has 0 N–H and O–H groups in total. The van der Waals surface area contributed by atoms with Crippen LogP contribution in [-0.4, -0.2) is 29.8 Å². The molecule has 2 aliphatic carbocycles. The maximum atomic E-state index is 11.9. The number of carbonyl (C=O) groups excluding carboxylic acids is 1. The minimum absolute atomic E-state index is 0. The summed E-state index contributed by atoms with van der Waals surface area (Å²) >= 11 is 0. The van der Waals surface area contributed by atoms with Crippen molar-refractivity contribution in [2.24, 2.45) is 11.8 Å². The summed E-state index contributed by atoms with van der Waals surface area (Å²) in [5.41, 5.74) is 0. The van der Waals surface area contributed by atoms with Crippen molar-refractivity contribution in [2.45, 2.75) is 44.6 Å². The van der Waals surface area contributed by atoms with Crippen LogP contribution in [0, 0.1) is 11.8 Å². The maximum absolute atomic E-state index is 11.9. The number of carbonyl (C=O) groups is 1. The first-order valence-corrected chi connectivity index (χ1v) is 6.14. The number of fused-ring (bicyclic) bond motifs is 2. The van der Waals surface area contributed by atoms with Crippen molar-refractivity contribution in [1.82, 2.24) is 4.90 Å². The summed E-state index contributed by atoms with van der Waals surface area (Å²) in [5, 5.41) is 0. The highest BCUT2D eigenvalue weighted by atomic mass is 127. The van der Waals surface area contributed by atoms with Gasteiger partial charge in [-0.05, 0) is 51.6 Å². The van der Waals surface area contributed by atoms with Gasteiger partial charge in [-0.25, -0.2) is 0 Å². The average Bonchev–Trinajstić information content (AvgIpc) is 2.76. The summed E-state index contributed by atoms with van der Waals surface area (Å²) in [6.07, 6.45) is 7.54. The fourth-order valence-corrected chi connectivity index (χ4v) is 3.72. The SMILES string of the molecule is I.O=C1C2CCC1C(N1CCCC1)CC2. The minimum atomic E-state index is 0. The fraction of sp³-hybridized carbons (Fsp3) is 0.917. The second-order valence-corrected chi connectivity index (χ2v) is 5.17. The molecular formula is C12H20INO. The van der Waals surface area contributed by atoms with Gasteiger partial charge in [-0.2, -0.15) is 0 Å². The van der Waals surface area contributed by atoms with Gasteiger partial charge in [-0.3, -0.25) is 9.69 Å². The van der Waals surface area contributed by atoms with E-state index < -0.39 is 0 Å². The van der Waals surface area contributed by atoms with Gasteiger partial charge < -0.3 is 0 Å². The number of likely N-dealkylation sites (tertiary alicyclic amines) is 1. The number of hydrogen-bond acceptors (Lipinski definition) is 2. The molecule has 2 bridgehead atoms. The lowest BCUT2D eigenvalue weighted by Crippen LogP contribution is -2.44. The van der Waals surface area contributed by atoms with E-state index in [4.69, 9.17) is 0 Å². The standard InChI is InChI=1S/C12H19NO.HI/c14-12-9-3-5-10(12)11(6-4-9)13-7-1-2-8-13;/h9-11H,1-8H2;1H. The van der Waals surface area contributed by atoms with E-state index in [0.29, 0.717) is 23.7 Å². The van der Waals surface area contributed by atoms with Crippen LogP contribution in [0.25, 0.3) is 0 Å². The Hall–Kier alpha value is 0.360. The van der Waals surface area contributed by atoms with Gasteiger partial charge in [-0.1, -0.05) is 0 Å². The van der Waals surface area contributed by atoms with Crippen molar-refractivity contribution in [3.05, 3.63) is 0 Å². The van der Waals surface area contributed by atoms with Crippen molar-refractivity contribution < 1.29 is 4.79 Å². The zero-order valence-corrected chi connectivity index (χ0v) is 11.5. The van der Waals surface area contributed by atoms with Gasteiger partial charge in [-0.15, -0.1) is 24.0 Å². The molecule has 15 heavy (non-hydrogen) atoms. The first-order valence-electron chi connectivity index (χ1n) is 6.14. The molecule has 0 aromatic carbocycles. The van der Waals surface area contributed by atoms with Crippen molar-refractivity contribution in [1.29, 1.82) is 0 Å². The topological polar surface area (TPSA) is 20.3 Å². The summed E-state index contributed by atoms with van der Waals surface area (Å²) in [6.45, 7) is 2.50. The highest BCUT2D eigenvalue weighted by Crippen LogP contribution is 2.41. The molecule has 1 saturated heterocycles. The molecule has 2 saturated carbocycles. The van der Waals surface area contributed by atoms with E-state index in [1.165, 1.54) is 51.6 Å². The van der Waals surface area contributed by atoms with Gasteiger partial charge >= 0.3 is 0 Å². The summed E-state index contributed by atoms with van der Waals surface area (Å²) < 4.78 is 0. The lowest BCUT2D eigenvalue weighted by molar-refractivity contribution is -0.128. The average molecular weight is 321 g/mol. The number of nitrogens with zero attached hydrogens (tertiary/aromatic N) is 1. The highest BCUT2D eigenvalue weighted by Gasteiger charge is 2.45. The van der Waals surface area contributed by atoms with E-state index in [1.54, 1.807) is 0 Å². The van der Waals surface area contributed by atoms with Crippen molar-refractivity contribution in [2.75, 3.05) is 13.1 Å². The number of ketones is 1. The van der Waals surface area contributed by atoms with Gasteiger partial charge in [0, 0.05) is 17.9 Å². The van der Waals surface area contributed by atoms with Crippen LogP contribution < -0.4 is 0 Å². The smallest absolute Gasteiger partial charge is 0.140 e. The summed E-state index contributed by atoms with van der Waals surface area (Å²) in [7, 11) is 0. The molecule has 3 fully saturated rings. The zero-order chi connectivity index (χ0) is 9.54. The Morgan fingerprint density at radius 1 is 1.00 bits per heavy atom. The van der Waals surface area contributed by atoms with Crippen molar-refractivity contribution >= 4 is 29.8 Å². The van der Waals surface area contributed by atoms with Gasteiger partial charge in [0.1, 0.15) is 5.78 Å². The van der Waals surface area contributed by atoms with E-state index in [0.717, 1.165) is 0 Å². The Morgan fingerprint density at radius 2 is 1.67 bits per heavy atom. The molecule has 1 heterocycles. The molecule has 0 aromatic rings. The van der Waals surface area contributed by atoms with Gasteiger partial charge in [0.2, 0.25) is 0 Å². The molecule has 0 aromatic heterocycles. The Kier molecular flexibility index (Phi) is 3.71. The van der Waals surface area contributed by atoms with Gasteiger partial charge in [0.15, 0.2) is 0 Å². The number of Topliss-reactive ketones (excluding diaryl/α,β-unsaturated/α-hetero) is 1. The lowest BCUT2D eigenvalue weighted by Gasteiger charge is -2.34. The van der Waals surface area contributed by atoms with Gasteiger partial charge in [0.05, 0.1) is 0 Å². The molecule has 0 spiro atoms. The molecule has 3 heteroatoms. The van der Waals surface area contributed by atoms with Gasteiger partial charge in [0.25, 0.3) is 0 Å². The first kappa shape index (κ1) is 11.8. The monoisotopic (exact) mass is 321 g/mol. The molecule has 1 aliphatic heterocycles. The Bertz CT molecular complexity index is 250. The third-order valence-electron chi connectivity index (χ3n) is 4.48. The van der Waals surface area contributed by atoms with Crippen LogP contribution in [0.5, 0.6) is 0 Å². The quantitative estimate of drug-likeness (QED) is 0.692. The summed E-state index contributed by atoms with van der Waals surface area (Å²) in [6, 6.07) is 0.628. The third-order valence-corrected chi connectivity index (χ3v) is 4.48. The van der Waals surface area contributed by atoms with Crippen LogP contribution in [0.4, 0.5) is 0 Å². The number of halogens is 1. The molecule has 0 radical (unpaired) electrons. The van der Waals surface area contributed by atoms with E-state index in [9.17, 15) is 4.79 Å². The van der Waals surface area contributed by atoms with Crippen LogP contribution in [-0.2, 0) is 4.79 Å². The normalized spacial score (nSPS) is 40.5. The largest absolute Gasteiger partial charge is 0.300 e. The summed E-state index contributed by atoms with van der Waals surface area (Å²) in [5.74, 6) is 1.49. The van der Waals surface area contributed by atoms with Crippen LogP contribution in [0.15, 0.2) is 0 Å². The molecular weight excluding hydrogens is 301 g/mol. The lowest BCUT2D eigenvalue weighted by atomic mass is 9.83. The molecule has 2 nitrogen and oxygen atoms in total. The van der Waals surface area contributed by atoms with E-state index in [-0.39, 0.29) is 24.0 Å². The molecule has 3 atom stereocenters. The van der Waals surface area contributed by atoms with E-state index in [1.807, 2.05) is 0 Å². The highest BCUT2D eigenvalue weighted by molar-refractivity contribution is 14.0. The predicted octanol–water partition coefficient (Wildman–Crippen LogP) is 2.46. The Labute approximate surface area is 109 Å². The van der Waals surface area contributed by atoms with E-state index >= 15 is 0 Å². The van der Waals surface area contributed by atoms with Crippen molar-refractivity contribution in [3.8, 4) is 0 Å². The van der Waals surface area contributed by atoms with Crippen LogP contribution in [0.3, 0.4) is 0 Å². The van der Waals surface area contributed by atoms with E-state index in [2.05, 4.69) is 4.90 Å². The predicted molar refractivity (Wildman–Crippen MR) is 70.5 cm³/mol. The third kappa shape index (κ3) is 1.97. The summed E-state index contributed by atoms with van der Waals surface area (Å²) in [4.78, 5) is 14.5. The number of rotatable bonds is 1. The molecule has 3 aliphatic rings. The molecule has 86 valence electrons. The molecule has 3 unspecified atom stereocenters. The zero-order valence-electron chi connectivity index (χ0n) is 9.15. The van der Waals surface area contributed by atoms with Crippen molar-refractivity contribution in [3.63, 3.8) is 0 Å². The maximum Gasteiger partial charge on any atom is 0.140 e. The van der Waals surface area contributed by atoms with Crippen LogP contribution in [0.1, 0.15) is 38.5 Å². The fourth-order valence-electron chi connectivity index (χ4n) is 3.72. The minimum Gasteiger partial charge on any atom is -0.300 e.